The van der Waals surface area contributed by atoms with Crippen LogP contribution in [-0.2, 0) is 6.54 Å². The van der Waals surface area contributed by atoms with Gasteiger partial charge in [-0.1, -0.05) is 6.07 Å². The number of halogens is 1. The Hall–Kier alpha value is -3.19. The predicted molar refractivity (Wildman–Crippen MR) is 116 cm³/mol. The average molecular weight is 423 g/mol. The molecule has 0 saturated carbocycles. The first kappa shape index (κ1) is 21.1. The normalized spacial score (nSPS) is 14.6. The van der Waals surface area contributed by atoms with Gasteiger partial charge in [0.1, 0.15) is 17.3 Å². The molecule has 0 bridgehead atoms. The van der Waals surface area contributed by atoms with E-state index in [1.165, 1.54) is 6.07 Å². The fourth-order valence-electron chi connectivity index (χ4n) is 3.66. The monoisotopic (exact) mass is 423 g/mol. The molecule has 3 aromatic rings. The largest absolute Gasteiger partial charge is 0.497 e. The van der Waals surface area contributed by atoms with Gasteiger partial charge in [0.15, 0.2) is 0 Å². The van der Waals surface area contributed by atoms with E-state index in [0.717, 1.165) is 35.9 Å². The number of oxazole rings is 1. The first-order valence-corrected chi connectivity index (χ1v) is 10.3. The number of carbonyl (C=O) groups is 1. The average Bonchev–Trinajstić information content (AvgIpc) is 3.16. The molecule has 0 radical (unpaired) electrons. The van der Waals surface area contributed by atoms with E-state index >= 15 is 0 Å². The summed E-state index contributed by atoms with van der Waals surface area (Å²) in [7, 11) is 1.63. The molecule has 1 saturated heterocycles. The molecular weight excluding hydrogens is 397 g/mol. The van der Waals surface area contributed by atoms with Crippen molar-refractivity contribution in [1.82, 2.24) is 14.8 Å². The Morgan fingerprint density at radius 1 is 1.10 bits per heavy atom. The van der Waals surface area contributed by atoms with Crippen LogP contribution >= 0.6 is 0 Å². The molecular formula is C24H26FN3O3. The number of hydrogen-bond acceptors (Lipinski definition) is 5. The van der Waals surface area contributed by atoms with Gasteiger partial charge >= 0.3 is 0 Å². The molecule has 2 aromatic carbocycles. The van der Waals surface area contributed by atoms with Gasteiger partial charge in [-0.2, -0.15) is 0 Å². The Labute approximate surface area is 181 Å². The molecule has 6 nitrogen and oxygen atoms in total. The zero-order valence-electron chi connectivity index (χ0n) is 18.0. The highest BCUT2D eigenvalue weighted by molar-refractivity contribution is 5.94. The summed E-state index contributed by atoms with van der Waals surface area (Å²) in [6, 6.07) is 12.3. The summed E-state index contributed by atoms with van der Waals surface area (Å²) in [6.07, 6.45) is 0. The predicted octanol–water partition coefficient (Wildman–Crippen LogP) is 4.06. The van der Waals surface area contributed by atoms with Gasteiger partial charge in [0, 0.05) is 43.9 Å². The molecule has 31 heavy (non-hydrogen) atoms. The third-order valence-corrected chi connectivity index (χ3v) is 5.68. The molecule has 1 aliphatic heterocycles. The van der Waals surface area contributed by atoms with E-state index in [0.29, 0.717) is 36.7 Å². The number of benzene rings is 2. The quantitative estimate of drug-likeness (QED) is 0.619. The van der Waals surface area contributed by atoms with Crippen LogP contribution in [0, 0.1) is 19.7 Å². The maximum atomic E-state index is 13.8. The maximum absolute atomic E-state index is 13.8. The van der Waals surface area contributed by atoms with Crippen LogP contribution in [0.25, 0.3) is 11.5 Å². The Morgan fingerprint density at radius 2 is 1.81 bits per heavy atom. The molecule has 1 fully saturated rings. The highest BCUT2D eigenvalue weighted by Crippen LogP contribution is 2.25. The first-order chi connectivity index (χ1) is 14.9. The van der Waals surface area contributed by atoms with E-state index < -0.39 is 0 Å². The number of hydrogen-bond donors (Lipinski definition) is 0. The number of ether oxygens (including phenoxy) is 1. The second-order valence-electron chi connectivity index (χ2n) is 7.78. The third kappa shape index (κ3) is 4.61. The molecule has 0 atom stereocenters. The van der Waals surface area contributed by atoms with Crippen molar-refractivity contribution in [3.05, 3.63) is 70.9 Å². The number of methoxy groups -OCH3 is 1. The van der Waals surface area contributed by atoms with Crippen molar-refractivity contribution in [1.29, 1.82) is 0 Å². The topological polar surface area (TPSA) is 58.8 Å². The minimum Gasteiger partial charge on any atom is -0.497 e. The second-order valence-corrected chi connectivity index (χ2v) is 7.78. The van der Waals surface area contributed by atoms with Gasteiger partial charge in [-0.05, 0) is 55.8 Å². The molecule has 0 N–H and O–H groups in total. The number of rotatable bonds is 5. The number of aromatic nitrogens is 1. The highest BCUT2D eigenvalue weighted by Gasteiger charge is 2.24. The van der Waals surface area contributed by atoms with Crippen LogP contribution in [0.1, 0.15) is 27.4 Å². The van der Waals surface area contributed by atoms with Gasteiger partial charge in [0.25, 0.3) is 5.91 Å². The van der Waals surface area contributed by atoms with Gasteiger partial charge in [-0.3, -0.25) is 9.69 Å². The maximum Gasteiger partial charge on any atom is 0.254 e. The van der Waals surface area contributed by atoms with Crippen molar-refractivity contribution in [2.75, 3.05) is 33.3 Å². The van der Waals surface area contributed by atoms with E-state index in [1.807, 2.05) is 31.2 Å². The second kappa shape index (κ2) is 8.89. The third-order valence-electron chi connectivity index (χ3n) is 5.68. The van der Waals surface area contributed by atoms with Crippen molar-refractivity contribution in [3.63, 3.8) is 0 Å². The van der Waals surface area contributed by atoms with Crippen molar-refractivity contribution in [2.45, 2.75) is 20.4 Å². The van der Waals surface area contributed by atoms with Crippen LogP contribution in [0.5, 0.6) is 5.75 Å². The van der Waals surface area contributed by atoms with Crippen LogP contribution in [0.4, 0.5) is 4.39 Å². The van der Waals surface area contributed by atoms with Crippen LogP contribution in [0.2, 0.25) is 0 Å². The van der Waals surface area contributed by atoms with E-state index in [2.05, 4.69) is 9.88 Å². The number of carbonyl (C=O) groups excluding carboxylic acids is 1. The molecule has 1 aromatic heterocycles. The first-order valence-electron chi connectivity index (χ1n) is 10.3. The van der Waals surface area contributed by atoms with Crippen molar-refractivity contribution in [3.8, 4) is 17.2 Å². The van der Waals surface area contributed by atoms with E-state index in [9.17, 15) is 9.18 Å². The molecule has 1 amide bonds. The lowest BCUT2D eigenvalue weighted by Gasteiger charge is -2.34. The summed E-state index contributed by atoms with van der Waals surface area (Å²) in [4.78, 5) is 21.4. The Balaban J connectivity index is 1.37. The van der Waals surface area contributed by atoms with Crippen LogP contribution in [0.3, 0.4) is 0 Å². The van der Waals surface area contributed by atoms with E-state index in [1.54, 1.807) is 31.1 Å². The van der Waals surface area contributed by atoms with Crippen molar-refractivity contribution in [2.24, 2.45) is 0 Å². The standard InChI is InChI=1S/C24H26FN3O3/c1-16-4-5-19(14-21(16)25)24(29)28-12-10-27(11-13-28)15-22-17(2)31-23(26-22)18-6-8-20(30-3)9-7-18/h4-9,14H,10-13,15H2,1-3H3. The molecule has 2 heterocycles. The Kier molecular flexibility index (Phi) is 6.04. The lowest BCUT2D eigenvalue weighted by Crippen LogP contribution is -2.48. The SMILES string of the molecule is COc1ccc(-c2nc(CN3CCN(C(=O)c4ccc(C)c(F)c4)CC3)c(C)o2)cc1. The summed E-state index contributed by atoms with van der Waals surface area (Å²) < 4.78 is 24.9. The lowest BCUT2D eigenvalue weighted by molar-refractivity contribution is 0.0626. The molecule has 4 rings (SSSR count). The fraction of sp³-hybridized carbons (Fsp3) is 0.333. The minimum absolute atomic E-state index is 0.127. The summed E-state index contributed by atoms with van der Waals surface area (Å²) in [5.41, 5.74) is 2.73. The zero-order chi connectivity index (χ0) is 22.0. The molecule has 7 heteroatoms. The Bertz CT molecular complexity index is 1070. The summed E-state index contributed by atoms with van der Waals surface area (Å²) in [6.45, 7) is 6.91. The number of nitrogens with zero attached hydrogens (tertiary/aromatic N) is 3. The van der Waals surface area contributed by atoms with Gasteiger partial charge < -0.3 is 14.1 Å². The summed E-state index contributed by atoms with van der Waals surface area (Å²) >= 11 is 0. The van der Waals surface area contributed by atoms with Crippen LogP contribution in [-0.4, -0.2) is 54.0 Å². The molecule has 1 aliphatic rings. The van der Waals surface area contributed by atoms with E-state index in [4.69, 9.17) is 9.15 Å². The molecule has 162 valence electrons. The van der Waals surface area contributed by atoms with Gasteiger partial charge in [-0.25, -0.2) is 9.37 Å². The molecule has 0 spiro atoms. The number of aryl methyl sites for hydroxylation is 2. The molecule has 0 aliphatic carbocycles. The molecule has 0 unspecified atom stereocenters. The summed E-state index contributed by atoms with van der Waals surface area (Å²) in [5.74, 6) is 1.69. The van der Waals surface area contributed by atoms with Gasteiger partial charge in [0.2, 0.25) is 5.89 Å². The van der Waals surface area contributed by atoms with Crippen LogP contribution < -0.4 is 4.74 Å². The zero-order valence-corrected chi connectivity index (χ0v) is 18.0. The van der Waals surface area contributed by atoms with Crippen molar-refractivity contribution < 1.29 is 18.3 Å². The minimum atomic E-state index is -0.348. The smallest absolute Gasteiger partial charge is 0.254 e. The fourth-order valence-corrected chi connectivity index (χ4v) is 3.66. The Morgan fingerprint density at radius 3 is 2.45 bits per heavy atom. The highest BCUT2D eigenvalue weighted by atomic mass is 19.1. The van der Waals surface area contributed by atoms with Gasteiger partial charge in [-0.15, -0.1) is 0 Å². The van der Waals surface area contributed by atoms with Crippen LogP contribution in [0.15, 0.2) is 46.9 Å². The lowest BCUT2D eigenvalue weighted by atomic mass is 10.1. The number of piperazine rings is 1. The van der Waals surface area contributed by atoms with Gasteiger partial charge in [0.05, 0.1) is 12.8 Å². The van der Waals surface area contributed by atoms with Crippen molar-refractivity contribution >= 4 is 5.91 Å². The summed E-state index contributed by atoms with van der Waals surface area (Å²) in [5, 5.41) is 0. The number of amides is 1. The van der Waals surface area contributed by atoms with E-state index in [-0.39, 0.29) is 11.7 Å².